The van der Waals surface area contributed by atoms with Crippen LogP contribution in [0.1, 0.15) is 58.3 Å². The Labute approximate surface area is 144 Å². The molecule has 0 spiro atoms. The average molecular weight is 409 g/mol. The lowest BCUT2D eigenvalue weighted by molar-refractivity contribution is 0.0144. The van der Waals surface area contributed by atoms with E-state index in [0.29, 0.717) is 16.3 Å². The van der Waals surface area contributed by atoms with Crippen molar-refractivity contribution >= 4 is 22.6 Å². The zero-order valence-corrected chi connectivity index (χ0v) is 16.0. The van der Waals surface area contributed by atoms with Crippen molar-refractivity contribution in [3.8, 4) is 0 Å². The predicted molar refractivity (Wildman–Crippen MR) is 96.0 cm³/mol. The molecule has 0 aliphatic heterocycles. The van der Waals surface area contributed by atoms with Crippen molar-refractivity contribution < 1.29 is 9.47 Å². The van der Waals surface area contributed by atoms with Crippen LogP contribution in [0.5, 0.6) is 0 Å². The van der Waals surface area contributed by atoms with Gasteiger partial charge >= 0.3 is 0 Å². The van der Waals surface area contributed by atoms with E-state index in [4.69, 9.17) is 9.47 Å². The predicted octanol–water partition coefficient (Wildman–Crippen LogP) is 4.23. The van der Waals surface area contributed by atoms with Gasteiger partial charge in [0.1, 0.15) is 0 Å². The van der Waals surface area contributed by atoms with Crippen LogP contribution in [0.3, 0.4) is 0 Å². The quantitative estimate of drug-likeness (QED) is 0.372. The van der Waals surface area contributed by atoms with E-state index in [2.05, 4.69) is 34.4 Å². The first-order chi connectivity index (χ1) is 10.2. The average Bonchev–Trinajstić information content (AvgIpc) is 2.56. The van der Waals surface area contributed by atoms with Crippen molar-refractivity contribution in [2.75, 3.05) is 20.8 Å². The summed E-state index contributed by atoms with van der Waals surface area (Å²) in [6, 6.07) is 0.756. The van der Waals surface area contributed by atoms with Gasteiger partial charge in [-0.25, -0.2) is 0 Å². The number of alkyl halides is 1. The van der Waals surface area contributed by atoms with Crippen LogP contribution in [0.25, 0.3) is 0 Å². The normalized spacial score (nSPS) is 35.9. The Hall–Kier alpha value is 0.610. The van der Waals surface area contributed by atoms with Crippen LogP contribution >= 0.6 is 22.6 Å². The summed E-state index contributed by atoms with van der Waals surface area (Å²) in [5, 5.41) is 0. The number of nitrogens with zero attached hydrogens (tertiary/aromatic N) is 1. The van der Waals surface area contributed by atoms with Crippen LogP contribution in [0, 0.1) is 5.92 Å². The molecule has 2 saturated carbocycles. The Morgan fingerprint density at radius 1 is 1.00 bits per heavy atom. The third-order valence-electron chi connectivity index (χ3n) is 5.52. The zero-order chi connectivity index (χ0) is 15.2. The SMILES string of the molecule is CCN(C1CCC(OC)CC1)C(I)C1CCCC(OC)C1. The van der Waals surface area contributed by atoms with Gasteiger partial charge in [-0.05, 0) is 57.4 Å². The van der Waals surface area contributed by atoms with E-state index in [0.717, 1.165) is 12.0 Å². The third kappa shape index (κ3) is 4.79. The summed E-state index contributed by atoms with van der Waals surface area (Å²) >= 11 is 2.71. The maximum Gasteiger partial charge on any atom is 0.0650 e. The van der Waals surface area contributed by atoms with Crippen LogP contribution in [0.15, 0.2) is 0 Å². The summed E-state index contributed by atoms with van der Waals surface area (Å²) in [6.07, 6.45) is 11.2. The van der Waals surface area contributed by atoms with Gasteiger partial charge in [-0.3, -0.25) is 4.90 Å². The Morgan fingerprint density at radius 3 is 2.24 bits per heavy atom. The molecule has 0 amide bonds. The molecule has 3 atom stereocenters. The number of ether oxygens (including phenoxy) is 2. The number of halogens is 1. The van der Waals surface area contributed by atoms with E-state index in [1.807, 2.05) is 14.2 Å². The first-order valence-corrected chi connectivity index (χ1v) is 9.89. The summed E-state index contributed by atoms with van der Waals surface area (Å²) in [6.45, 7) is 3.49. The molecule has 4 heteroatoms. The monoisotopic (exact) mass is 409 g/mol. The molecule has 0 aromatic rings. The van der Waals surface area contributed by atoms with Crippen molar-refractivity contribution in [2.45, 2.75) is 80.6 Å². The van der Waals surface area contributed by atoms with Gasteiger partial charge in [0.25, 0.3) is 0 Å². The summed E-state index contributed by atoms with van der Waals surface area (Å²) in [5.74, 6) is 0.796. The van der Waals surface area contributed by atoms with Crippen LogP contribution in [-0.4, -0.2) is 48.0 Å². The minimum atomic E-state index is 0.490. The molecule has 0 N–H and O–H groups in total. The molecular formula is C17H32INO2. The fourth-order valence-electron chi connectivity index (χ4n) is 4.16. The number of rotatable bonds is 6. The fourth-order valence-corrected chi connectivity index (χ4v) is 5.66. The fraction of sp³-hybridized carbons (Fsp3) is 1.00. The lowest BCUT2D eigenvalue weighted by atomic mass is 9.85. The molecule has 0 bridgehead atoms. The molecule has 0 saturated heterocycles. The second-order valence-corrected chi connectivity index (χ2v) is 7.93. The lowest BCUT2D eigenvalue weighted by Crippen LogP contribution is -2.47. The van der Waals surface area contributed by atoms with E-state index >= 15 is 0 Å². The number of methoxy groups -OCH3 is 2. The topological polar surface area (TPSA) is 21.7 Å². The van der Waals surface area contributed by atoms with Crippen LogP contribution in [0.2, 0.25) is 0 Å². The van der Waals surface area contributed by atoms with Gasteiger partial charge in [0.2, 0.25) is 0 Å². The molecule has 3 nitrogen and oxygen atoms in total. The Morgan fingerprint density at radius 2 is 1.67 bits per heavy atom. The van der Waals surface area contributed by atoms with Crippen LogP contribution in [-0.2, 0) is 9.47 Å². The van der Waals surface area contributed by atoms with E-state index in [-0.39, 0.29) is 0 Å². The van der Waals surface area contributed by atoms with Crippen molar-refractivity contribution in [3.63, 3.8) is 0 Å². The second-order valence-electron chi connectivity index (χ2n) is 6.65. The molecule has 21 heavy (non-hydrogen) atoms. The Bertz CT molecular complexity index is 295. The largest absolute Gasteiger partial charge is 0.381 e. The van der Waals surface area contributed by atoms with Gasteiger partial charge in [0.15, 0.2) is 0 Å². The van der Waals surface area contributed by atoms with E-state index in [1.54, 1.807) is 0 Å². The molecule has 0 heterocycles. The van der Waals surface area contributed by atoms with E-state index in [9.17, 15) is 0 Å². The molecule has 2 rings (SSSR count). The molecule has 2 aliphatic rings. The molecule has 0 aromatic heterocycles. The van der Waals surface area contributed by atoms with Gasteiger partial charge in [-0.2, -0.15) is 0 Å². The van der Waals surface area contributed by atoms with E-state index in [1.165, 1.54) is 57.9 Å². The minimum absolute atomic E-state index is 0.490. The second kappa shape index (κ2) is 9.04. The smallest absolute Gasteiger partial charge is 0.0650 e. The standard InChI is InChI=1S/C17H32INO2/c1-4-19(14-8-10-15(20-2)11-9-14)17(18)13-6-5-7-16(12-13)21-3/h13-17H,4-12H2,1-3H3. The molecule has 0 aromatic carbocycles. The number of hydrogen-bond donors (Lipinski definition) is 0. The zero-order valence-electron chi connectivity index (χ0n) is 13.9. The minimum Gasteiger partial charge on any atom is -0.381 e. The van der Waals surface area contributed by atoms with Crippen molar-refractivity contribution in [2.24, 2.45) is 5.92 Å². The van der Waals surface area contributed by atoms with Crippen molar-refractivity contribution in [1.82, 2.24) is 4.90 Å². The van der Waals surface area contributed by atoms with Gasteiger partial charge in [-0.15, -0.1) is 0 Å². The lowest BCUT2D eigenvalue weighted by Gasteiger charge is -2.43. The molecule has 124 valence electrons. The highest BCUT2D eigenvalue weighted by molar-refractivity contribution is 14.1. The summed E-state index contributed by atoms with van der Waals surface area (Å²) in [7, 11) is 3.73. The molecule has 2 aliphatic carbocycles. The summed E-state index contributed by atoms with van der Waals surface area (Å²) in [4.78, 5) is 2.76. The molecule has 3 unspecified atom stereocenters. The van der Waals surface area contributed by atoms with Gasteiger partial charge in [-0.1, -0.05) is 35.9 Å². The van der Waals surface area contributed by atoms with Crippen LogP contribution < -0.4 is 0 Å². The first-order valence-electron chi connectivity index (χ1n) is 8.65. The summed E-state index contributed by atoms with van der Waals surface area (Å²) in [5.41, 5.74) is 0. The highest BCUT2D eigenvalue weighted by Gasteiger charge is 2.34. The summed E-state index contributed by atoms with van der Waals surface area (Å²) < 4.78 is 11.8. The van der Waals surface area contributed by atoms with Gasteiger partial charge < -0.3 is 9.47 Å². The number of hydrogen-bond acceptors (Lipinski definition) is 3. The van der Waals surface area contributed by atoms with Gasteiger partial charge in [0, 0.05) is 20.3 Å². The van der Waals surface area contributed by atoms with E-state index < -0.39 is 0 Å². The highest BCUT2D eigenvalue weighted by atomic mass is 127. The van der Waals surface area contributed by atoms with Crippen molar-refractivity contribution in [3.05, 3.63) is 0 Å². The maximum atomic E-state index is 5.62. The van der Waals surface area contributed by atoms with Gasteiger partial charge in [0.05, 0.1) is 16.3 Å². The Balaban J connectivity index is 1.90. The maximum absolute atomic E-state index is 5.62. The Kier molecular flexibility index (Phi) is 7.73. The van der Waals surface area contributed by atoms with Crippen molar-refractivity contribution in [1.29, 1.82) is 0 Å². The molecular weight excluding hydrogens is 377 g/mol. The first kappa shape index (κ1) is 18.0. The molecule has 0 radical (unpaired) electrons. The van der Waals surface area contributed by atoms with Crippen LogP contribution in [0.4, 0.5) is 0 Å². The third-order valence-corrected chi connectivity index (χ3v) is 7.25. The highest BCUT2D eigenvalue weighted by Crippen LogP contribution is 2.36. The molecule has 2 fully saturated rings.